The standard InChI is InChI=1S/C6H6ClNO2S2/c1-3(5(9)10)12-6-8-4(7)2-11-6/h2-3H,1H3,(H,9,10). The van der Waals surface area contributed by atoms with Crippen molar-refractivity contribution in [2.45, 2.75) is 16.5 Å². The lowest BCUT2D eigenvalue weighted by atomic mass is 10.5. The van der Waals surface area contributed by atoms with Crippen molar-refractivity contribution in [2.24, 2.45) is 0 Å². The Morgan fingerprint density at radius 3 is 3.00 bits per heavy atom. The summed E-state index contributed by atoms with van der Waals surface area (Å²) in [5, 5.41) is 10.2. The van der Waals surface area contributed by atoms with E-state index in [4.69, 9.17) is 16.7 Å². The number of thioether (sulfide) groups is 1. The highest BCUT2D eigenvalue weighted by Crippen LogP contribution is 2.28. The number of carboxylic acids is 1. The molecule has 12 heavy (non-hydrogen) atoms. The second-order valence-electron chi connectivity index (χ2n) is 2.03. The van der Waals surface area contributed by atoms with Crippen LogP contribution in [0.15, 0.2) is 9.72 Å². The van der Waals surface area contributed by atoms with Crippen molar-refractivity contribution in [1.29, 1.82) is 0 Å². The van der Waals surface area contributed by atoms with Crippen molar-refractivity contribution >= 4 is 40.7 Å². The van der Waals surface area contributed by atoms with E-state index in [-0.39, 0.29) is 0 Å². The highest BCUT2D eigenvalue weighted by atomic mass is 35.5. The zero-order valence-corrected chi connectivity index (χ0v) is 8.54. The molecule has 1 unspecified atom stereocenters. The molecule has 1 heterocycles. The molecule has 66 valence electrons. The third kappa shape index (κ3) is 2.66. The highest BCUT2D eigenvalue weighted by molar-refractivity contribution is 8.02. The number of thiazole rings is 1. The van der Waals surface area contributed by atoms with E-state index < -0.39 is 11.2 Å². The fraction of sp³-hybridized carbons (Fsp3) is 0.333. The molecule has 0 saturated heterocycles. The Morgan fingerprint density at radius 2 is 2.58 bits per heavy atom. The van der Waals surface area contributed by atoms with E-state index in [1.807, 2.05) is 0 Å². The molecular formula is C6H6ClNO2S2. The molecule has 0 aliphatic rings. The summed E-state index contributed by atoms with van der Waals surface area (Å²) in [5.41, 5.74) is 0. The molecule has 0 bridgehead atoms. The normalized spacial score (nSPS) is 12.8. The number of aliphatic carboxylic acids is 1. The Morgan fingerprint density at radius 1 is 1.92 bits per heavy atom. The lowest BCUT2D eigenvalue weighted by molar-refractivity contribution is -0.136. The molecule has 6 heteroatoms. The Balaban J connectivity index is 2.58. The minimum Gasteiger partial charge on any atom is -0.480 e. The Labute approximate surface area is 82.8 Å². The van der Waals surface area contributed by atoms with Crippen molar-refractivity contribution in [3.05, 3.63) is 10.5 Å². The summed E-state index contributed by atoms with van der Waals surface area (Å²) >= 11 is 8.11. The minimum atomic E-state index is -0.841. The van der Waals surface area contributed by atoms with Gasteiger partial charge in [0.25, 0.3) is 0 Å². The number of hydrogen-bond donors (Lipinski definition) is 1. The first-order chi connectivity index (χ1) is 5.59. The average Bonchev–Trinajstić information content (AvgIpc) is 2.35. The molecule has 1 aromatic heterocycles. The summed E-state index contributed by atoms with van der Waals surface area (Å²) in [7, 11) is 0. The van der Waals surface area contributed by atoms with Crippen LogP contribution in [0.25, 0.3) is 0 Å². The molecule has 1 atom stereocenters. The molecule has 0 radical (unpaired) electrons. The maximum atomic E-state index is 10.4. The first-order valence-corrected chi connectivity index (χ1v) is 5.24. The van der Waals surface area contributed by atoms with Gasteiger partial charge in [0.1, 0.15) is 10.4 Å². The summed E-state index contributed by atoms with van der Waals surface area (Å²) in [5.74, 6) is -0.841. The minimum absolute atomic E-state index is 0.417. The van der Waals surface area contributed by atoms with Crippen molar-refractivity contribution in [3.8, 4) is 0 Å². The average molecular weight is 224 g/mol. The fourth-order valence-corrected chi connectivity index (χ4v) is 2.57. The molecule has 1 rings (SSSR count). The Bertz CT molecular complexity index is 289. The van der Waals surface area contributed by atoms with Gasteiger partial charge in [-0.05, 0) is 6.92 Å². The summed E-state index contributed by atoms with van der Waals surface area (Å²) in [6.45, 7) is 1.61. The van der Waals surface area contributed by atoms with Gasteiger partial charge in [0.2, 0.25) is 0 Å². The largest absolute Gasteiger partial charge is 0.480 e. The number of carbonyl (C=O) groups is 1. The Hall–Kier alpha value is -0.260. The quantitative estimate of drug-likeness (QED) is 0.800. The molecule has 0 aromatic carbocycles. The lowest BCUT2D eigenvalue weighted by Crippen LogP contribution is -2.10. The molecule has 3 nitrogen and oxygen atoms in total. The van der Waals surface area contributed by atoms with E-state index >= 15 is 0 Å². The van der Waals surface area contributed by atoms with Gasteiger partial charge < -0.3 is 5.11 Å². The zero-order chi connectivity index (χ0) is 9.14. The Kier molecular flexibility index (Phi) is 3.37. The molecule has 0 aliphatic carbocycles. The van der Waals surface area contributed by atoms with Crippen molar-refractivity contribution in [3.63, 3.8) is 0 Å². The summed E-state index contributed by atoms with van der Waals surface area (Å²) in [6, 6.07) is 0. The van der Waals surface area contributed by atoms with Gasteiger partial charge in [-0.15, -0.1) is 11.3 Å². The van der Waals surface area contributed by atoms with Gasteiger partial charge in [0.15, 0.2) is 4.34 Å². The van der Waals surface area contributed by atoms with Crippen LogP contribution in [-0.2, 0) is 4.79 Å². The van der Waals surface area contributed by atoms with Gasteiger partial charge in [-0.25, -0.2) is 4.98 Å². The molecular weight excluding hydrogens is 218 g/mol. The van der Waals surface area contributed by atoms with E-state index in [9.17, 15) is 4.79 Å². The predicted molar refractivity (Wildman–Crippen MR) is 50.1 cm³/mol. The number of carboxylic acid groups (broad SMARTS) is 1. The third-order valence-electron chi connectivity index (χ3n) is 1.08. The molecule has 0 saturated carbocycles. The fourth-order valence-electron chi connectivity index (χ4n) is 0.495. The van der Waals surface area contributed by atoms with Crippen molar-refractivity contribution < 1.29 is 9.90 Å². The molecule has 1 N–H and O–H groups in total. The molecule has 1 aromatic rings. The summed E-state index contributed by atoms with van der Waals surface area (Å²) in [4.78, 5) is 14.4. The monoisotopic (exact) mass is 223 g/mol. The van der Waals surface area contributed by atoms with Crippen LogP contribution in [0.1, 0.15) is 6.92 Å². The van der Waals surface area contributed by atoms with Gasteiger partial charge in [-0.3, -0.25) is 4.79 Å². The van der Waals surface area contributed by atoms with Gasteiger partial charge in [0.05, 0.1) is 0 Å². The SMILES string of the molecule is CC(Sc1nc(Cl)cs1)C(=O)O. The molecule has 0 amide bonds. The number of rotatable bonds is 3. The van der Waals surface area contributed by atoms with Gasteiger partial charge in [-0.1, -0.05) is 23.4 Å². The van der Waals surface area contributed by atoms with Crippen LogP contribution >= 0.6 is 34.7 Å². The van der Waals surface area contributed by atoms with E-state index in [2.05, 4.69) is 4.98 Å². The van der Waals surface area contributed by atoms with Gasteiger partial charge in [0, 0.05) is 5.38 Å². The van der Waals surface area contributed by atoms with E-state index in [0.29, 0.717) is 9.49 Å². The topological polar surface area (TPSA) is 50.2 Å². The number of nitrogens with zero attached hydrogens (tertiary/aromatic N) is 1. The second kappa shape index (κ2) is 4.11. The molecule has 0 aliphatic heterocycles. The van der Waals surface area contributed by atoms with E-state index in [1.165, 1.54) is 23.1 Å². The van der Waals surface area contributed by atoms with Crippen molar-refractivity contribution in [2.75, 3.05) is 0 Å². The van der Waals surface area contributed by atoms with Crippen LogP contribution in [0.2, 0.25) is 5.15 Å². The van der Waals surface area contributed by atoms with Crippen LogP contribution < -0.4 is 0 Å². The van der Waals surface area contributed by atoms with Crippen molar-refractivity contribution in [1.82, 2.24) is 4.98 Å². The van der Waals surface area contributed by atoms with E-state index in [1.54, 1.807) is 12.3 Å². The summed E-state index contributed by atoms with van der Waals surface area (Å²) in [6.07, 6.45) is 0. The first-order valence-electron chi connectivity index (χ1n) is 3.10. The maximum Gasteiger partial charge on any atom is 0.316 e. The smallest absolute Gasteiger partial charge is 0.316 e. The zero-order valence-electron chi connectivity index (χ0n) is 6.15. The highest BCUT2D eigenvalue weighted by Gasteiger charge is 2.14. The predicted octanol–water partition coefficient (Wildman–Crippen LogP) is 2.36. The number of aromatic nitrogens is 1. The third-order valence-corrected chi connectivity index (χ3v) is 3.46. The summed E-state index contributed by atoms with van der Waals surface area (Å²) < 4.78 is 0.690. The second-order valence-corrected chi connectivity index (χ2v) is 4.87. The van der Waals surface area contributed by atoms with E-state index in [0.717, 1.165) is 0 Å². The molecule has 0 fully saturated rings. The molecule has 0 spiro atoms. The lowest BCUT2D eigenvalue weighted by Gasteiger charge is -2.00. The first kappa shape index (κ1) is 9.83. The van der Waals surface area contributed by atoms with Crippen LogP contribution in [0.3, 0.4) is 0 Å². The van der Waals surface area contributed by atoms with Gasteiger partial charge >= 0.3 is 5.97 Å². The number of hydrogen-bond acceptors (Lipinski definition) is 4. The van der Waals surface area contributed by atoms with Gasteiger partial charge in [-0.2, -0.15) is 0 Å². The maximum absolute atomic E-state index is 10.4. The van der Waals surface area contributed by atoms with Crippen LogP contribution in [0.5, 0.6) is 0 Å². The van der Waals surface area contributed by atoms with Crippen LogP contribution in [0.4, 0.5) is 0 Å². The van der Waals surface area contributed by atoms with Crippen LogP contribution in [-0.4, -0.2) is 21.3 Å². The van der Waals surface area contributed by atoms with Crippen LogP contribution in [0, 0.1) is 0 Å². The number of halogens is 1.